The zero-order valence-electron chi connectivity index (χ0n) is 14.2. The van der Waals surface area contributed by atoms with Crippen LogP contribution in [0.5, 0.6) is 0 Å². The highest BCUT2D eigenvalue weighted by molar-refractivity contribution is 14.0. The average molecular weight is 466 g/mol. The largest absolute Gasteiger partial charge is 0.370 e. The molecule has 1 aliphatic heterocycles. The van der Waals surface area contributed by atoms with Crippen LogP contribution in [0.15, 0.2) is 29.3 Å². The van der Waals surface area contributed by atoms with Crippen molar-refractivity contribution in [3.8, 4) is 0 Å². The number of nitrogens with zero attached hydrogens (tertiary/aromatic N) is 2. The number of aryl methyl sites for hydroxylation is 1. The number of guanidine groups is 1. The first-order valence-electron chi connectivity index (χ1n) is 7.99. The molecule has 0 saturated carbocycles. The Morgan fingerprint density at radius 1 is 1.29 bits per heavy atom. The highest BCUT2D eigenvalue weighted by Gasteiger charge is 2.24. The van der Waals surface area contributed by atoms with Crippen LogP contribution in [0, 0.1) is 5.92 Å². The number of rotatable bonds is 5. The molecule has 6 nitrogen and oxygen atoms in total. The maximum absolute atomic E-state index is 11.5. The Balaban J connectivity index is 0.00000288. The minimum absolute atomic E-state index is 0. The summed E-state index contributed by atoms with van der Waals surface area (Å²) in [5.41, 5.74) is 8.13. The van der Waals surface area contributed by atoms with Gasteiger partial charge in [0.1, 0.15) is 0 Å². The number of nitrogens with two attached hydrogens (primary N) is 1. The first-order chi connectivity index (χ1) is 10.9. The van der Waals surface area contributed by atoms with E-state index in [0.29, 0.717) is 31.5 Å². The van der Waals surface area contributed by atoms with Crippen LogP contribution in [-0.4, -0.2) is 44.6 Å². The normalized spacial score (nSPS) is 17.3. The molecule has 1 aromatic carbocycles. The molecule has 0 atom stereocenters. The van der Waals surface area contributed by atoms with Crippen LogP contribution in [0.25, 0.3) is 0 Å². The van der Waals surface area contributed by atoms with Crippen molar-refractivity contribution in [2.75, 3.05) is 31.2 Å². The molecule has 0 bridgehead atoms. The number of halogens is 1. The Bertz CT molecular complexity index is 639. The number of aliphatic imine (C=N–C) groups is 1. The molecular weight excluding hydrogens is 439 g/mol. The average Bonchev–Trinajstić information content (AvgIpc) is 2.53. The predicted molar refractivity (Wildman–Crippen MR) is 110 cm³/mol. The van der Waals surface area contributed by atoms with E-state index in [2.05, 4.69) is 29.4 Å². The molecule has 0 unspecified atom stereocenters. The minimum Gasteiger partial charge on any atom is -0.370 e. The summed E-state index contributed by atoms with van der Waals surface area (Å²) in [5.74, 6) is 0.788. The van der Waals surface area contributed by atoms with Gasteiger partial charge < -0.3 is 11.1 Å². The number of sulfonamides is 1. The van der Waals surface area contributed by atoms with E-state index in [1.807, 2.05) is 12.1 Å². The van der Waals surface area contributed by atoms with E-state index in [1.165, 1.54) is 16.1 Å². The number of piperidine rings is 1. The van der Waals surface area contributed by atoms with Crippen LogP contribution in [0.2, 0.25) is 0 Å². The number of nitrogens with one attached hydrogen (secondary N) is 1. The van der Waals surface area contributed by atoms with Crippen LogP contribution in [-0.2, 0) is 16.4 Å². The molecule has 0 aliphatic carbocycles. The Hall–Kier alpha value is -0.870. The van der Waals surface area contributed by atoms with Crippen molar-refractivity contribution in [1.82, 2.24) is 4.31 Å². The SMILES string of the molecule is CCc1ccc(NC(N)=NCC2CCN(S(C)(=O)=O)CC2)cc1.I. The fourth-order valence-corrected chi connectivity index (χ4v) is 3.54. The van der Waals surface area contributed by atoms with Crippen molar-refractivity contribution in [3.05, 3.63) is 29.8 Å². The monoisotopic (exact) mass is 466 g/mol. The summed E-state index contributed by atoms with van der Waals surface area (Å²) in [6.07, 6.45) is 3.93. The molecule has 24 heavy (non-hydrogen) atoms. The fourth-order valence-electron chi connectivity index (χ4n) is 2.66. The Morgan fingerprint density at radius 3 is 2.38 bits per heavy atom. The summed E-state index contributed by atoms with van der Waals surface area (Å²) >= 11 is 0. The highest BCUT2D eigenvalue weighted by atomic mass is 127. The van der Waals surface area contributed by atoms with Crippen molar-refractivity contribution in [3.63, 3.8) is 0 Å². The quantitative estimate of drug-likeness (QED) is 0.396. The van der Waals surface area contributed by atoms with Gasteiger partial charge in [-0.2, -0.15) is 0 Å². The maximum Gasteiger partial charge on any atom is 0.211 e. The van der Waals surface area contributed by atoms with E-state index < -0.39 is 10.0 Å². The van der Waals surface area contributed by atoms with Crippen LogP contribution < -0.4 is 11.1 Å². The van der Waals surface area contributed by atoms with Crippen molar-refractivity contribution in [1.29, 1.82) is 0 Å². The van der Waals surface area contributed by atoms with E-state index in [9.17, 15) is 8.42 Å². The van der Waals surface area contributed by atoms with Gasteiger partial charge in [0.25, 0.3) is 0 Å². The molecule has 8 heteroatoms. The zero-order chi connectivity index (χ0) is 16.9. The summed E-state index contributed by atoms with van der Waals surface area (Å²) in [5, 5.41) is 3.09. The zero-order valence-corrected chi connectivity index (χ0v) is 17.4. The van der Waals surface area contributed by atoms with Gasteiger partial charge in [0.15, 0.2) is 5.96 Å². The molecule has 0 spiro atoms. The molecule has 1 aliphatic rings. The first kappa shape index (κ1) is 21.2. The Morgan fingerprint density at radius 2 is 1.88 bits per heavy atom. The third kappa shape index (κ3) is 6.56. The topological polar surface area (TPSA) is 87.8 Å². The summed E-state index contributed by atoms with van der Waals surface area (Å²) in [6, 6.07) is 8.12. The van der Waals surface area contributed by atoms with Gasteiger partial charge in [-0.1, -0.05) is 19.1 Å². The number of hydrogen-bond donors (Lipinski definition) is 2. The first-order valence-corrected chi connectivity index (χ1v) is 9.84. The van der Waals surface area contributed by atoms with Gasteiger partial charge in [-0.05, 0) is 42.9 Å². The predicted octanol–water partition coefficient (Wildman–Crippen LogP) is 2.27. The molecule has 1 saturated heterocycles. The lowest BCUT2D eigenvalue weighted by atomic mass is 9.98. The molecule has 1 heterocycles. The second-order valence-corrected chi connectivity index (χ2v) is 7.99. The van der Waals surface area contributed by atoms with Crippen molar-refractivity contribution < 1.29 is 8.42 Å². The lowest BCUT2D eigenvalue weighted by Gasteiger charge is -2.29. The van der Waals surface area contributed by atoms with Crippen molar-refractivity contribution in [2.24, 2.45) is 16.6 Å². The van der Waals surface area contributed by atoms with E-state index >= 15 is 0 Å². The standard InChI is InChI=1S/C16H26N4O2S.HI/c1-3-13-4-6-15(7-5-13)19-16(17)18-12-14-8-10-20(11-9-14)23(2,21)22;/h4-7,14H,3,8-12H2,1-2H3,(H3,17,18,19);1H. The van der Waals surface area contributed by atoms with Gasteiger partial charge in [0.05, 0.1) is 6.26 Å². The lowest BCUT2D eigenvalue weighted by Crippen LogP contribution is -2.38. The van der Waals surface area contributed by atoms with Crippen LogP contribution in [0.4, 0.5) is 5.69 Å². The van der Waals surface area contributed by atoms with E-state index in [0.717, 1.165) is 24.9 Å². The van der Waals surface area contributed by atoms with Crippen LogP contribution in [0.3, 0.4) is 0 Å². The van der Waals surface area contributed by atoms with Crippen LogP contribution >= 0.6 is 24.0 Å². The summed E-state index contributed by atoms with van der Waals surface area (Å²) in [6.45, 7) is 3.90. The smallest absolute Gasteiger partial charge is 0.211 e. The number of anilines is 1. The highest BCUT2D eigenvalue weighted by Crippen LogP contribution is 2.19. The van der Waals surface area contributed by atoms with Gasteiger partial charge in [0.2, 0.25) is 10.0 Å². The molecular formula is C16H27IN4O2S. The summed E-state index contributed by atoms with van der Waals surface area (Å²) < 4.78 is 24.5. The Labute approximate surface area is 162 Å². The number of hydrogen-bond acceptors (Lipinski definition) is 3. The summed E-state index contributed by atoms with van der Waals surface area (Å²) in [4.78, 5) is 4.39. The maximum atomic E-state index is 11.5. The Kier molecular flexibility index (Phi) is 8.44. The molecule has 0 radical (unpaired) electrons. The molecule has 136 valence electrons. The second-order valence-electron chi connectivity index (χ2n) is 6.01. The minimum atomic E-state index is -3.07. The van der Waals surface area contributed by atoms with E-state index in [1.54, 1.807) is 0 Å². The van der Waals surface area contributed by atoms with Gasteiger partial charge in [-0.25, -0.2) is 12.7 Å². The molecule has 2 rings (SSSR count). The van der Waals surface area contributed by atoms with Crippen LogP contribution in [0.1, 0.15) is 25.3 Å². The molecule has 0 amide bonds. The fraction of sp³-hybridized carbons (Fsp3) is 0.562. The van der Waals surface area contributed by atoms with E-state index in [4.69, 9.17) is 5.73 Å². The molecule has 3 N–H and O–H groups in total. The van der Waals surface area contributed by atoms with Gasteiger partial charge in [-0.3, -0.25) is 4.99 Å². The van der Waals surface area contributed by atoms with Gasteiger partial charge in [0, 0.05) is 25.3 Å². The lowest BCUT2D eigenvalue weighted by molar-refractivity contribution is 0.280. The second kappa shape index (κ2) is 9.57. The van der Waals surface area contributed by atoms with E-state index in [-0.39, 0.29) is 24.0 Å². The summed E-state index contributed by atoms with van der Waals surface area (Å²) in [7, 11) is -3.07. The van der Waals surface area contributed by atoms with Gasteiger partial charge in [-0.15, -0.1) is 24.0 Å². The molecule has 1 fully saturated rings. The van der Waals surface area contributed by atoms with Gasteiger partial charge >= 0.3 is 0 Å². The van der Waals surface area contributed by atoms with Crippen molar-refractivity contribution >= 4 is 45.6 Å². The third-order valence-electron chi connectivity index (χ3n) is 4.20. The van der Waals surface area contributed by atoms with Crippen molar-refractivity contribution in [2.45, 2.75) is 26.2 Å². The number of benzene rings is 1. The third-order valence-corrected chi connectivity index (χ3v) is 5.50. The molecule has 1 aromatic rings. The molecule has 0 aromatic heterocycles.